The van der Waals surface area contributed by atoms with Gasteiger partial charge < -0.3 is 20.1 Å². The van der Waals surface area contributed by atoms with E-state index in [2.05, 4.69) is 10.1 Å². The molecule has 1 saturated heterocycles. The molecule has 0 spiro atoms. The molecule has 1 aliphatic heterocycles. The molecule has 1 unspecified atom stereocenters. The van der Waals surface area contributed by atoms with Crippen molar-refractivity contribution in [2.45, 2.75) is 18.9 Å². The van der Waals surface area contributed by atoms with Crippen molar-refractivity contribution in [3.05, 3.63) is 23.8 Å². The lowest BCUT2D eigenvalue weighted by Crippen LogP contribution is -2.40. The second-order valence-corrected chi connectivity index (χ2v) is 4.57. The van der Waals surface area contributed by atoms with E-state index in [1.807, 2.05) is 0 Å². The van der Waals surface area contributed by atoms with E-state index in [1.165, 1.54) is 12.0 Å². The first-order chi connectivity index (χ1) is 9.56. The van der Waals surface area contributed by atoms with E-state index in [4.69, 9.17) is 5.11 Å². The smallest absolute Gasteiger partial charge is 0.322 e. The van der Waals surface area contributed by atoms with Crippen molar-refractivity contribution in [1.82, 2.24) is 4.90 Å². The number of rotatable bonds is 3. The summed E-state index contributed by atoms with van der Waals surface area (Å²) < 4.78 is 31.9. The zero-order valence-electron chi connectivity index (χ0n) is 11.0. The number of ether oxygens (including phenoxy) is 1. The lowest BCUT2D eigenvalue weighted by Gasteiger charge is -2.23. The summed E-state index contributed by atoms with van der Waals surface area (Å²) in [5.41, 5.74) is -0.253. The van der Waals surface area contributed by atoms with E-state index in [0.717, 1.165) is 18.6 Å². The molecule has 1 atom stereocenters. The molecule has 1 aliphatic rings. The van der Waals surface area contributed by atoms with Crippen molar-refractivity contribution in [2.75, 3.05) is 25.6 Å². The molecule has 0 aliphatic carbocycles. The summed E-state index contributed by atoms with van der Waals surface area (Å²) in [6.07, 6.45) is 1.47. The lowest BCUT2D eigenvalue weighted by atomic mass is 10.2. The third-order valence-corrected chi connectivity index (χ3v) is 3.33. The predicted octanol–water partition coefficient (Wildman–Crippen LogP) is 1.96. The van der Waals surface area contributed by atoms with Crippen molar-refractivity contribution >= 4 is 11.7 Å². The maximum absolute atomic E-state index is 13.7. The monoisotopic (exact) mass is 286 g/mol. The molecule has 0 radical (unpaired) electrons. The minimum absolute atomic E-state index is 0.146. The molecule has 1 fully saturated rings. The number of hydrogen-bond acceptors (Lipinski definition) is 3. The first-order valence-electron chi connectivity index (χ1n) is 6.28. The number of anilines is 1. The third-order valence-electron chi connectivity index (χ3n) is 3.33. The fourth-order valence-corrected chi connectivity index (χ4v) is 2.26. The number of hydrogen-bond donors (Lipinski definition) is 2. The van der Waals surface area contributed by atoms with Crippen LogP contribution in [0.2, 0.25) is 0 Å². The number of likely N-dealkylation sites (tertiary alicyclic amines) is 1. The first kappa shape index (κ1) is 14.5. The van der Waals surface area contributed by atoms with Crippen molar-refractivity contribution in [3.8, 4) is 5.75 Å². The second-order valence-electron chi connectivity index (χ2n) is 4.57. The van der Waals surface area contributed by atoms with Gasteiger partial charge in [0.1, 0.15) is 0 Å². The van der Waals surface area contributed by atoms with Crippen LogP contribution in [0.3, 0.4) is 0 Å². The number of halogens is 2. The maximum atomic E-state index is 13.7. The van der Waals surface area contributed by atoms with E-state index in [-0.39, 0.29) is 24.1 Å². The molecule has 5 nitrogen and oxygen atoms in total. The van der Waals surface area contributed by atoms with Gasteiger partial charge in [-0.3, -0.25) is 0 Å². The zero-order chi connectivity index (χ0) is 14.7. The molecule has 2 rings (SSSR count). The van der Waals surface area contributed by atoms with E-state index >= 15 is 0 Å². The molecular formula is C13H16F2N2O3. The Bertz CT molecular complexity index is 511. The van der Waals surface area contributed by atoms with Crippen LogP contribution in [-0.4, -0.2) is 42.3 Å². The molecule has 110 valence electrons. The van der Waals surface area contributed by atoms with Crippen LogP contribution in [0.1, 0.15) is 12.8 Å². The van der Waals surface area contributed by atoms with Crippen molar-refractivity contribution in [1.29, 1.82) is 0 Å². The van der Waals surface area contributed by atoms with Gasteiger partial charge in [-0.05, 0) is 12.8 Å². The lowest BCUT2D eigenvalue weighted by molar-refractivity contribution is 0.166. The van der Waals surface area contributed by atoms with Gasteiger partial charge >= 0.3 is 6.03 Å². The molecule has 2 amide bonds. The van der Waals surface area contributed by atoms with Crippen molar-refractivity contribution in [2.24, 2.45) is 0 Å². The first-order valence-corrected chi connectivity index (χ1v) is 6.28. The van der Waals surface area contributed by atoms with Crippen molar-refractivity contribution in [3.63, 3.8) is 0 Å². The quantitative estimate of drug-likeness (QED) is 0.893. The molecule has 20 heavy (non-hydrogen) atoms. The van der Waals surface area contributed by atoms with Crippen LogP contribution >= 0.6 is 0 Å². The molecular weight excluding hydrogens is 270 g/mol. The Morgan fingerprint density at radius 1 is 1.50 bits per heavy atom. The van der Waals surface area contributed by atoms with Gasteiger partial charge in [-0.25, -0.2) is 13.6 Å². The standard InChI is InChI=1S/C13H16F2N2O3/c1-20-12-6-9(14)11(5-10(12)15)16-13(19)17-4-2-3-8(17)7-18/h5-6,8,18H,2-4,7H2,1H3,(H,16,19). The number of carbonyl (C=O) groups is 1. The Kier molecular flexibility index (Phi) is 4.39. The number of benzene rings is 1. The highest BCUT2D eigenvalue weighted by molar-refractivity contribution is 5.90. The second kappa shape index (κ2) is 6.04. The highest BCUT2D eigenvalue weighted by Gasteiger charge is 2.28. The van der Waals surface area contributed by atoms with Crippen LogP contribution < -0.4 is 10.1 Å². The number of amides is 2. The molecule has 0 aromatic heterocycles. The van der Waals surface area contributed by atoms with Crippen LogP contribution in [0, 0.1) is 11.6 Å². The van der Waals surface area contributed by atoms with Crippen LogP contribution in [-0.2, 0) is 0 Å². The molecule has 1 heterocycles. The average molecular weight is 286 g/mol. The Morgan fingerprint density at radius 3 is 2.90 bits per heavy atom. The van der Waals surface area contributed by atoms with E-state index in [1.54, 1.807) is 0 Å². The highest BCUT2D eigenvalue weighted by atomic mass is 19.1. The van der Waals surface area contributed by atoms with Gasteiger partial charge in [-0.1, -0.05) is 0 Å². The van der Waals surface area contributed by atoms with Gasteiger partial charge in [0.25, 0.3) is 0 Å². The van der Waals surface area contributed by atoms with Gasteiger partial charge in [0.15, 0.2) is 17.4 Å². The van der Waals surface area contributed by atoms with Crippen LogP contribution in [0.25, 0.3) is 0 Å². The molecule has 0 saturated carbocycles. The topological polar surface area (TPSA) is 61.8 Å². The molecule has 2 N–H and O–H groups in total. The highest BCUT2D eigenvalue weighted by Crippen LogP contribution is 2.25. The summed E-state index contributed by atoms with van der Waals surface area (Å²) in [5.74, 6) is -1.77. The Balaban J connectivity index is 2.13. The Morgan fingerprint density at radius 2 is 2.25 bits per heavy atom. The number of methoxy groups -OCH3 is 1. The minimum atomic E-state index is -0.781. The number of aliphatic hydroxyl groups is 1. The SMILES string of the molecule is COc1cc(F)c(NC(=O)N2CCCC2CO)cc1F. The van der Waals surface area contributed by atoms with Crippen LogP contribution in [0.15, 0.2) is 12.1 Å². The van der Waals surface area contributed by atoms with Gasteiger partial charge in [0, 0.05) is 18.7 Å². The van der Waals surface area contributed by atoms with Gasteiger partial charge in [0.2, 0.25) is 0 Å². The van der Waals surface area contributed by atoms with Crippen molar-refractivity contribution < 1.29 is 23.4 Å². The number of aliphatic hydroxyl groups excluding tert-OH is 1. The normalized spacial score (nSPS) is 18.2. The minimum Gasteiger partial charge on any atom is -0.494 e. The van der Waals surface area contributed by atoms with Gasteiger partial charge in [-0.15, -0.1) is 0 Å². The molecule has 0 bridgehead atoms. The average Bonchev–Trinajstić information content (AvgIpc) is 2.90. The van der Waals surface area contributed by atoms with E-state index in [9.17, 15) is 13.6 Å². The third kappa shape index (κ3) is 2.82. The Hall–Kier alpha value is -1.89. The summed E-state index contributed by atoms with van der Waals surface area (Å²) in [6, 6.07) is 0.917. The summed E-state index contributed by atoms with van der Waals surface area (Å²) >= 11 is 0. The zero-order valence-corrected chi connectivity index (χ0v) is 11.0. The predicted molar refractivity (Wildman–Crippen MR) is 68.7 cm³/mol. The van der Waals surface area contributed by atoms with E-state index < -0.39 is 17.7 Å². The fourth-order valence-electron chi connectivity index (χ4n) is 2.26. The largest absolute Gasteiger partial charge is 0.494 e. The maximum Gasteiger partial charge on any atom is 0.322 e. The molecule has 1 aromatic carbocycles. The summed E-state index contributed by atoms with van der Waals surface area (Å²) in [4.78, 5) is 13.4. The molecule has 7 heteroatoms. The summed E-state index contributed by atoms with van der Waals surface area (Å²) in [7, 11) is 1.23. The van der Waals surface area contributed by atoms with E-state index in [0.29, 0.717) is 13.0 Å². The fraction of sp³-hybridized carbons (Fsp3) is 0.462. The van der Waals surface area contributed by atoms with Crippen LogP contribution in [0.5, 0.6) is 5.75 Å². The Labute approximate surface area is 115 Å². The number of nitrogens with one attached hydrogen (secondary N) is 1. The van der Waals surface area contributed by atoms with Gasteiger partial charge in [-0.2, -0.15) is 0 Å². The number of urea groups is 1. The summed E-state index contributed by atoms with van der Waals surface area (Å²) in [5, 5.41) is 11.5. The summed E-state index contributed by atoms with van der Waals surface area (Å²) in [6.45, 7) is 0.337. The number of carbonyl (C=O) groups excluding carboxylic acids is 1. The van der Waals surface area contributed by atoms with Crippen LogP contribution in [0.4, 0.5) is 19.3 Å². The molecule has 1 aromatic rings. The number of nitrogens with zero attached hydrogens (tertiary/aromatic N) is 1. The van der Waals surface area contributed by atoms with Gasteiger partial charge in [0.05, 0.1) is 25.4 Å².